The van der Waals surface area contributed by atoms with Crippen LogP contribution in [0.4, 0.5) is 13.6 Å². The van der Waals surface area contributed by atoms with Gasteiger partial charge in [0.2, 0.25) is 6.17 Å². The van der Waals surface area contributed by atoms with Crippen LogP contribution in [0.3, 0.4) is 0 Å². The predicted octanol–water partition coefficient (Wildman–Crippen LogP) is 0.710. The minimum Gasteiger partial charge on any atom is -0.279 e. The second kappa shape index (κ2) is 2.80. The Morgan fingerprint density at radius 1 is 1.46 bits per heavy atom. The summed E-state index contributed by atoms with van der Waals surface area (Å²) in [5.41, 5.74) is 0. The number of hydrogen-bond donors (Lipinski definition) is 0. The Balaban J connectivity index is 3.07. The molecule has 13 heavy (non-hydrogen) atoms. The number of hydrogen-bond acceptors (Lipinski definition) is 2. The van der Waals surface area contributed by atoms with Gasteiger partial charge in [-0.3, -0.25) is 14.6 Å². The fourth-order valence-electron chi connectivity index (χ4n) is 0.935. The molecule has 1 aliphatic heterocycles. The first kappa shape index (κ1) is 10.2. The number of nitrogens with zero attached hydrogens (tertiary/aromatic N) is 2. The molecule has 0 aromatic heterocycles. The van der Waals surface area contributed by atoms with E-state index in [9.17, 15) is 18.4 Å². The highest BCUT2D eigenvalue weighted by Crippen LogP contribution is 2.33. The molecule has 74 valence electrons. The summed E-state index contributed by atoms with van der Waals surface area (Å²) >= 11 is 5.04. The Labute approximate surface area is 78.0 Å². The average molecular weight is 213 g/mol. The summed E-state index contributed by atoms with van der Waals surface area (Å²) in [5, 5.41) is -3.08. The molecule has 0 aliphatic carbocycles. The number of imide groups is 1. The lowest BCUT2D eigenvalue weighted by Gasteiger charge is -2.38. The predicted molar refractivity (Wildman–Crippen MR) is 40.5 cm³/mol. The Bertz CT molecular complexity index is 247. The van der Waals surface area contributed by atoms with Crippen LogP contribution in [0.15, 0.2) is 0 Å². The normalized spacial score (nSPS) is 35.6. The average Bonchev–Trinajstić information content (AvgIpc) is 2.09. The van der Waals surface area contributed by atoms with Gasteiger partial charge in [0, 0.05) is 14.1 Å². The molecule has 0 aromatic carbocycles. The first-order valence-corrected chi connectivity index (χ1v) is 3.75. The number of amides is 3. The molecule has 0 bridgehead atoms. The lowest BCUT2D eigenvalue weighted by molar-refractivity contribution is -0.146. The summed E-state index contributed by atoms with van der Waals surface area (Å²) in [4.78, 5) is 22.7. The summed E-state index contributed by atoms with van der Waals surface area (Å²) < 4.78 is 26.1. The van der Waals surface area contributed by atoms with Gasteiger partial charge in [0.1, 0.15) is 0 Å². The van der Waals surface area contributed by atoms with Crippen molar-refractivity contribution >= 4 is 23.5 Å². The van der Waals surface area contributed by atoms with E-state index in [-0.39, 0.29) is 0 Å². The molecule has 1 saturated heterocycles. The van der Waals surface area contributed by atoms with Crippen LogP contribution in [0.1, 0.15) is 0 Å². The van der Waals surface area contributed by atoms with Crippen molar-refractivity contribution in [3.8, 4) is 0 Å². The SMILES string of the molecule is CN1C(=O)C(F)C(F)(Cl)N(C)C1=O. The van der Waals surface area contributed by atoms with E-state index in [2.05, 4.69) is 0 Å². The van der Waals surface area contributed by atoms with Crippen LogP contribution >= 0.6 is 11.6 Å². The molecule has 0 N–H and O–H groups in total. The third kappa shape index (κ3) is 1.25. The van der Waals surface area contributed by atoms with Crippen LogP contribution in [0.2, 0.25) is 0 Å². The number of alkyl halides is 3. The second-order valence-corrected chi connectivity index (χ2v) is 3.22. The van der Waals surface area contributed by atoms with Crippen molar-refractivity contribution in [1.82, 2.24) is 9.80 Å². The third-order valence-electron chi connectivity index (χ3n) is 1.87. The summed E-state index contributed by atoms with van der Waals surface area (Å²) in [5.74, 6) is -1.28. The molecule has 0 aromatic rings. The van der Waals surface area contributed by atoms with E-state index in [4.69, 9.17) is 11.6 Å². The maximum atomic E-state index is 13.2. The van der Waals surface area contributed by atoms with Crippen molar-refractivity contribution in [3.63, 3.8) is 0 Å². The summed E-state index contributed by atoms with van der Waals surface area (Å²) in [6.07, 6.45) is -2.55. The molecule has 0 spiro atoms. The number of carbonyl (C=O) groups is 2. The van der Waals surface area contributed by atoms with Crippen molar-refractivity contribution in [3.05, 3.63) is 0 Å². The maximum Gasteiger partial charge on any atom is 0.329 e. The highest BCUT2D eigenvalue weighted by Gasteiger charge is 2.55. The number of halogens is 3. The van der Waals surface area contributed by atoms with Crippen LogP contribution in [-0.2, 0) is 4.79 Å². The first-order chi connectivity index (χ1) is 5.80. The number of urea groups is 1. The van der Waals surface area contributed by atoms with Gasteiger partial charge in [-0.05, 0) is 0 Å². The van der Waals surface area contributed by atoms with Crippen LogP contribution in [0, 0.1) is 0 Å². The zero-order valence-electron chi connectivity index (χ0n) is 6.92. The van der Waals surface area contributed by atoms with Gasteiger partial charge >= 0.3 is 11.3 Å². The fraction of sp³-hybridized carbons (Fsp3) is 0.667. The van der Waals surface area contributed by atoms with E-state index in [1.165, 1.54) is 0 Å². The Hall–Kier alpha value is -0.910. The van der Waals surface area contributed by atoms with Crippen molar-refractivity contribution in [2.45, 2.75) is 11.4 Å². The van der Waals surface area contributed by atoms with Gasteiger partial charge in [-0.1, -0.05) is 11.6 Å². The second-order valence-electron chi connectivity index (χ2n) is 2.69. The van der Waals surface area contributed by atoms with Gasteiger partial charge in [-0.25, -0.2) is 9.18 Å². The van der Waals surface area contributed by atoms with E-state index in [0.29, 0.717) is 9.80 Å². The Morgan fingerprint density at radius 3 is 2.38 bits per heavy atom. The molecule has 7 heteroatoms. The van der Waals surface area contributed by atoms with Crippen molar-refractivity contribution in [1.29, 1.82) is 0 Å². The minimum absolute atomic E-state index is 0.334. The van der Waals surface area contributed by atoms with Gasteiger partial charge < -0.3 is 0 Å². The topological polar surface area (TPSA) is 40.6 Å². The molecule has 2 atom stereocenters. The molecular weight excluding hydrogens is 206 g/mol. The van der Waals surface area contributed by atoms with Gasteiger partial charge in [0.25, 0.3) is 5.91 Å². The van der Waals surface area contributed by atoms with Gasteiger partial charge in [0.05, 0.1) is 0 Å². The molecule has 2 unspecified atom stereocenters. The molecule has 1 fully saturated rings. The summed E-state index contributed by atoms with van der Waals surface area (Å²) in [6, 6.07) is -0.976. The van der Waals surface area contributed by atoms with E-state index < -0.39 is 23.4 Å². The van der Waals surface area contributed by atoms with Crippen molar-refractivity contribution < 1.29 is 18.4 Å². The zero-order valence-corrected chi connectivity index (χ0v) is 7.68. The highest BCUT2D eigenvalue weighted by molar-refractivity contribution is 6.27. The van der Waals surface area contributed by atoms with Crippen LogP contribution in [-0.4, -0.2) is 47.3 Å². The quantitative estimate of drug-likeness (QED) is 0.438. The maximum absolute atomic E-state index is 13.2. The lowest BCUT2D eigenvalue weighted by Crippen LogP contribution is -2.63. The summed E-state index contributed by atoms with van der Waals surface area (Å²) in [6.45, 7) is 0. The van der Waals surface area contributed by atoms with E-state index in [1.54, 1.807) is 0 Å². The van der Waals surface area contributed by atoms with Crippen LogP contribution in [0.5, 0.6) is 0 Å². The van der Waals surface area contributed by atoms with Gasteiger partial charge in [0.15, 0.2) is 0 Å². The monoisotopic (exact) mass is 212 g/mol. The van der Waals surface area contributed by atoms with Gasteiger partial charge in [-0.2, -0.15) is 4.39 Å². The zero-order chi connectivity index (χ0) is 10.4. The molecular formula is C6H7ClF2N2O2. The molecule has 0 radical (unpaired) electrons. The Kier molecular flexibility index (Phi) is 2.19. The van der Waals surface area contributed by atoms with E-state index >= 15 is 0 Å². The first-order valence-electron chi connectivity index (χ1n) is 3.37. The largest absolute Gasteiger partial charge is 0.329 e. The lowest BCUT2D eigenvalue weighted by atomic mass is 10.2. The fourth-order valence-corrected chi connectivity index (χ4v) is 1.10. The number of rotatable bonds is 0. The summed E-state index contributed by atoms with van der Waals surface area (Å²) in [7, 11) is 2.03. The van der Waals surface area contributed by atoms with Crippen molar-refractivity contribution in [2.24, 2.45) is 0 Å². The van der Waals surface area contributed by atoms with E-state index in [0.717, 1.165) is 14.1 Å². The van der Waals surface area contributed by atoms with E-state index in [1.807, 2.05) is 0 Å². The standard InChI is InChI=1S/C6H7ClF2N2O2/c1-10-4(12)3(8)6(7,9)11(2)5(10)13/h3H,1-2H3. The van der Waals surface area contributed by atoms with Gasteiger partial charge in [-0.15, -0.1) is 0 Å². The molecule has 1 aliphatic rings. The molecule has 4 nitrogen and oxygen atoms in total. The molecule has 1 heterocycles. The van der Waals surface area contributed by atoms with Crippen LogP contribution in [0.25, 0.3) is 0 Å². The smallest absolute Gasteiger partial charge is 0.279 e. The molecule has 1 rings (SSSR count). The van der Waals surface area contributed by atoms with Crippen molar-refractivity contribution in [2.75, 3.05) is 14.1 Å². The Morgan fingerprint density at radius 2 is 1.92 bits per heavy atom. The molecule has 0 saturated carbocycles. The number of carbonyl (C=O) groups excluding carboxylic acids is 2. The minimum atomic E-state index is -3.08. The molecule has 3 amide bonds. The highest BCUT2D eigenvalue weighted by atomic mass is 35.5. The third-order valence-corrected chi connectivity index (χ3v) is 2.32. The van der Waals surface area contributed by atoms with Crippen LogP contribution < -0.4 is 0 Å².